The minimum absolute atomic E-state index is 0.318. The average Bonchev–Trinajstić information content (AvgIpc) is 2.54. The Hall–Kier alpha value is -1.08. The van der Waals surface area contributed by atoms with Gasteiger partial charge in [-0.25, -0.2) is 0 Å². The average molecular weight is 361 g/mol. The minimum atomic E-state index is 0.318. The molecule has 0 amide bonds. The maximum absolute atomic E-state index is 8.94. The van der Waals surface area contributed by atoms with E-state index in [0.717, 1.165) is 19.3 Å². The van der Waals surface area contributed by atoms with Gasteiger partial charge in [-0.15, -0.1) is 0 Å². The molecule has 1 atom stereocenters. The molecule has 0 saturated heterocycles. The highest BCUT2D eigenvalue weighted by atomic mass is 16.3. The molecule has 0 saturated carbocycles. The van der Waals surface area contributed by atoms with Crippen molar-refractivity contribution >= 4 is 0 Å². The Labute approximate surface area is 164 Å². The van der Waals surface area contributed by atoms with Gasteiger partial charge in [0, 0.05) is 6.61 Å². The summed E-state index contributed by atoms with van der Waals surface area (Å²) in [5, 5.41) is 8.94. The highest BCUT2D eigenvalue weighted by Gasteiger charge is 1.99. The zero-order valence-electron chi connectivity index (χ0n) is 18.4. The van der Waals surface area contributed by atoms with Crippen molar-refractivity contribution in [1.29, 1.82) is 0 Å². The molecule has 0 aromatic heterocycles. The van der Waals surface area contributed by atoms with Gasteiger partial charge in [0.05, 0.1) is 0 Å². The standard InChI is InChI=1S/C25H44O/c1-21(2)11-7-12-22(3)13-8-14-23(4)15-9-16-24(5)17-10-18-25(6)19-20-26/h11,13,15,17,25-26H,7-10,12,14,16,18-20H2,1-6H3/b22-13+,23-15+,24-17+. The maximum atomic E-state index is 8.94. The summed E-state index contributed by atoms with van der Waals surface area (Å²) < 4.78 is 0. The van der Waals surface area contributed by atoms with Crippen molar-refractivity contribution in [3.8, 4) is 0 Å². The lowest BCUT2D eigenvalue weighted by Crippen LogP contribution is -1.97. The fourth-order valence-electron chi connectivity index (χ4n) is 2.97. The highest BCUT2D eigenvalue weighted by Crippen LogP contribution is 2.15. The van der Waals surface area contributed by atoms with Crippen LogP contribution < -0.4 is 0 Å². The summed E-state index contributed by atoms with van der Waals surface area (Å²) in [5.74, 6) is 0.629. The van der Waals surface area contributed by atoms with E-state index in [0.29, 0.717) is 12.5 Å². The van der Waals surface area contributed by atoms with E-state index in [4.69, 9.17) is 5.11 Å². The van der Waals surface area contributed by atoms with Crippen LogP contribution in [0.5, 0.6) is 0 Å². The van der Waals surface area contributed by atoms with E-state index in [1.807, 2.05) is 0 Å². The van der Waals surface area contributed by atoms with E-state index in [1.165, 1.54) is 60.8 Å². The lowest BCUT2D eigenvalue weighted by atomic mass is 10.0. The predicted molar refractivity (Wildman–Crippen MR) is 119 cm³/mol. The van der Waals surface area contributed by atoms with Crippen molar-refractivity contribution in [2.45, 2.75) is 99.3 Å². The lowest BCUT2D eigenvalue weighted by Gasteiger charge is -2.07. The van der Waals surface area contributed by atoms with Crippen molar-refractivity contribution < 1.29 is 5.11 Å². The smallest absolute Gasteiger partial charge is 0.0433 e. The van der Waals surface area contributed by atoms with Gasteiger partial charge in [-0.3, -0.25) is 0 Å². The number of hydrogen-bond donors (Lipinski definition) is 1. The second-order valence-electron chi connectivity index (χ2n) is 8.24. The molecule has 0 aromatic rings. The Bertz CT molecular complexity index is 472. The largest absolute Gasteiger partial charge is 0.396 e. The molecule has 0 rings (SSSR count). The van der Waals surface area contributed by atoms with Crippen molar-refractivity contribution in [3.63, 3.8) is 0 Å². The van der Waals surface area contributed by atoms with E-state index >= 15 is 0 Å². The molecule has 0 aliphatic carbocycles. The first-order chi connectivity index (χ1) is 12.3. The van der Waals surface area contributed by atoms with Gasteiger partial charge >= 0.3 is 0 Å². The van der Waals surface area contributed by atoms with Crippen LogP contribution in [0.4, 0.5) is 0 Å². The Morgan fingerprint density at radius 3 is 1.50 bits per heavy atom. The predicted octanol–water partition coefficient (Wildman–Crippen LogP) is 7.93. The molecular formula is C25H44O. The van der Waals surface area contributed by atoms with E-state index in [9.17, 15) is 0 Å². The van der Waals surface area contributed by atoms with Crippen molar-refractivity contribution in [2.75, 3.05) is 6.61 Å². The van der Waals surface area contributed by atoms with Gasteiger partial charge in [0.1, 0.15) is 0 Å². The molecule has 0 heterocycles. The number of aliphatic hydroxyl groups is 1. The van der Waals surface area contributed by atoms with Crippen molar-refractivity contribution in [3.05, 3.63) is 46.6 Å². The Kier molecular flexibility index (Phi) is 15.5. The van der Waals surface area contributed by atoms with Crippen LogP contribution in [0.2, 0.25) is 0 Å². The summed E-state index contributed by atoms with van der Waals surface area (Å²) >= 11 is 0. The van der Waals surface area contributed by atoms with Gasteiger partial charge in [0.25, 0.3) is 0 Å². The molecule has 0 aliphatic rings. The third-order valence-corrected chi connectivity index (χ3v) is 4.93. The fraction of sp³-hybridized carbons (Fsp3) is 0.680. The van der Waals surface area contributed by atoms with E-state index in [-0.39, 0.29) is 0 Å². The molecule has 1 heteroatoms. The van der Waals surface area contributed by atoms with E-state index in [1.54, 1.807) is 0 Å². The summed E-state index contributed by atoms with van der Waals surface area (Å²) in [6, 6.07) is 0. The van der Waals surface area contributed by atoms with Crippen LogP contribution in [-0.2, 0) is 0 Å². The highest BCUT2D eigenvalue weighted by molar-refractivity contribution is 5.07. The topological polar surface area (TPSA) is 20.2 Å². The molecule has 0 fully saturated rings. The molecule has 0 spiro atoms. The molecule has 0 aliphatic heterocycles. The summed E-state index contributed by atoms with van der Waals surface area (Å²) in [6.07, 6.45) is 19.8. The third-order valence-electron chi connectivity index (χ3n) is 4.93. The first-order valence-corrected chi connectivity index (χ1v) is 10.6. The number of rotatable bonds is 14. The van der Waals surface area contributed by atoms with Gasteiger partial charge in [0.15, 0.2) is 0 Å². The van der Waals surface area contributed by atoms with Crippen LogP contribution in [0.1, 0.15) is 99.3 Å². The Morgan fingerprint density at radius 2 is 1.08 bits per heavy atom. The summed E-state index contributed by atoms with van der Waals surface area (Å²) in [5.41, 5.74) is 5.95. The third kappa shape index (κ3) is 16.4. The summed E-state index contributed by atoms with van der Waals surface area (Å²) in [7, 11) is 0. The number of hydrogen-bond acceptors (Lipinski definition) is 1. The van der Waals surface area contributed by atoms with Crippen LogP contribution in [0, 0.1) is 5.92 Å². The number of aliphatic hydroxyl groups excluding tert-OH is 1. The molecule has 26 heavy (non-hydrogen) atoms. The van der Waals surface area contributed by atoms with Crippen LogP contribution in [-0.4, -0.2) is 11.7 Å². The molecule has 0 bridgehead atoms. The maximum Gasteiger partial charge on any atom is 0.0433 e. The van der Waals surface area contributed by atoms with Gasteiger partial charge in [0.2, 0.25) is 0 Å². The van der Waals surface area contributed by atoms with Crippen molar-refractivity contribution in [1.82, 2.24) is 0 Å². The molecule has 1 N–H and O–H groups in total. The van der Waals surface area contributed by atoms with E-state index in [2.05, 4.69) is 65.8 Å². The monoisotopic (exact) mass is 360 g/mol. The molecule has 0 radical (unpaired) electrons. The lowest BCUT2D eigenvalue weighted by molar-refractivity contribution is 0.259. The molecule has 1 nitrogen and oxygen atoms in total. The van der Waals surface area contributed by atoms with Crippen LogP contribution >= 0.6 is 0 Å². The Morgan fingerprint density at radius 1 is 0.654 bits per heavy atom. The van der Waals surface area contributed by atoms with Gasteiger partial charge < -0.3 is 5.11 Å². The molecule has 1 unspecified atom stereocenters. The van der Waals surface area contributed by atoms with Crippen molar-refractivity contribution in [2.24, 2.45) is 5.92 Å². The van der Waals surface area contributed by atoms with Gasteiger partial charge in [-0.2, -0.15) is 0 Å². The Balaban J connectivity index is 3.97. The zero-order valence-corrected chi connectivity index (χ0v) is 18.4. The first-order valence-electron chi connectivity index (χ1n) is 10.6. The quantitative estimate of drug-likeness (QED) is 0.312. The van der Waals surface area contributed by atoms with Gasteiger partial charge in [-0.1, -0.05) is 53.5 Å². The van der Waals surface area contributed by atoms with E-state index < -0.39 is 0 Å². The second-order valence-corrected chi connectivity index (χ2v) is 8.24. The summed E-state index contributed by atoms with van der Waals surface area (Å²) in [4.78, 5) is 0. The number of allylic oxidation sites excluding steroid dienone is 8. The summed E-state index contributed by atoms with van der Waals surface area (Å²) in [6.45, 7) is 13.7. The van der Waals surface area contributed by atoms with Crippen LogP contribution in [0.3, 0.4) is 0 Å². The molecule has 0 aromatic carbocycles. The van der Waals surface area contributed by atoms with Gasteiger partial charge in [-0.05, 0) is 98.3 Å². The normalized spacial score (nSPS) is 14.5. The molecule has 150 valence electrons. The zero-order chi connectivity index (χ0) is 19.8. The second kappa shape index (κ2) is 16.1. The molecular weight excluding hydrogens is 316 g/mol. The SMILES string of the molecule is CC(C)=CCC/C(C)=C/CC/C(C)=C/CC/C(C)=C/CCC(C)CCO. The first kappa shape index (κ1) is 24.9. The van der Waals surface area contributed by atoms with Crippen LogP contribution in [0.25, 0.3) is 0 Å². The fourth-order valence-corrected chi connectivity index (χ4v) is 2.97. The van der Waals surface area contributed by atoms with Crippen LogP contribution in [0.15, 0.2) is 46.6 Å². The minimum Gasteiger partial charge on any atom is -0.396 e.